The zero-order valence-corrected chi connectivity index (χ0v) is 16.4. The fraction of sp³-hybridized carbons (Fsp3) is 0.500. The highest BCUT2D eigenvalue weighted by molar-refractivity contribution is 5.95. The van der Waals surface area contributed by atoms with Crippen LogP contribution in [0.5, 0.6) is 0 Å². The zero-order chi connectivity index (χ0) is 16.6. The van der Waals surface area contributed by atoms with Crippen molar-refractivity contribution in [3.8, 4) is 11.4 Å². The van der Waals surface area contributed by atoms with Crippen LogP contribution in [0.25, 0.3) is 11.4 Å². The van der Waals surface area contributed by atoms with E-state index in [4.69, 9.17) is 0 Å². The summed E-state index contributed by atoms with van der Waals surface area (Å²) in [5.41, 5.74) is 2.06. The Labute approximate surface area is 166 Å². The first kappa shape index (κ1) is 20.7. The van der Waals surface area contributed by atoms with Gasteiger partial charge in [-0.1, -0.05) is 12.1 Å². The molecule has 6 nitrogen and oxygen atoms in total. The van der Waals surface area contributed by atoms with Crippen LogP contribution in [0.15, 0.2) is 30.6 Å². The van der Waals surface area contributed by atoms with E-state index in [0.717, 1.165) is 56.0 Å². The average Bonchev–Trinajstić information content (AvgIpc) is 3.08. The Bertz CT molecular complexity index is 758. The van der Waals surface area contributed by atoms with Crippen LogP contribution >= 0.6 is 24.8 Å². The maximum atomic E-state index is 12.6. The number of anilines is 1. The van der Waals surface area contributed by atoms with E-state index in [2.05, 4.69) is 27.8 Å². The minimum absolute atomic E-state index is 0. The SMILES string of the molecule is CCn1cnnc1-c1cccc(NC(=O)C2CC23CCNCC3)c1.Cl.Cl. The summed E-state index contributed by atoms with van der Waals surface area (Å²) in [6, 6.07) is 7.86. The molecule has 1 aliphatic heterocycles. The zero-order valence-electron chi connectivity index (χ0n) is 14.8. The molecule has 1 spiro atoms. The average molecular weight is 398 g/mol. The number of benzene rings is 1. The largest absolute Gasteiger partial charge is 0.326 e. The molecule has 2 N–H and O–H groups in total. The Kier molecular flexibility index (Phi) is 6.66. The van der Waals surface area contributed by atoms with E-state index < -0.39 is 0 Å². The second kappa shape index (κ2) is 8.37. The Morgan fingerprint density at radius 2 is 2.12 bits per heavy atom. The summed E-state index contributed by atoms with van der Waals surface area (Å²) in [5.74, 6) is 1.16. The molecule has 1 amide bonds. The fourth-order valence-corrected chi connectivity index (χ4v) is 3.87. The molecule has 0 bridgehead atoms. The standard InChI is InChI=1S/C18H23N5O.2ClH/c1-2-23-12-20-22-16(23)13-4-3-5-14(10-13)21-17(24)15-11-18(15)6-8-19-9-7-18;;/h3-5,10,12,15,19H,2,6-9,11H2,1H3,(H,21,24);2*1H. The molecule has 2 fully saturated rings. The van der Waals surface area contributed by atoms with E-state index in [0.29, 0.717) is 0 Å². The molecule has 26 heavy (non-hydrogen) atoms. The Balaban J connectivity index is 0.00000121. The molecule has 1 saturated heterocycles. The summed E-state index contributed by atoms with van der Waals surface area (Å²) in [6.45, 7) is 4.94. The molecule has 1 saturated carbocycles. The van der Waals surface area contributed by atoms with Crippen LogP contribution in [0.3, 0.4) is 0 Å². The number of nitrogens with one attached hydrogen (secondary N) is 2. The Morgan fingerprint density at radius 1 is 1.35 bits per heavy atom. The van der Waals surface area contributed by atoms with Crippen molar-refractivity contribution in [2.75, 3.05) is 18.4 Å². The van der Waals surface area contributed by atoms with Crippen LogP contribution < -0.4 is 10.6 Å². The Hall–Kier alpha value is -1.63. The smallest absolute Gasteiger partial charge is 0.228 e. The van der Waals surface area contributed by atoms with E-state index in [1.165, 1.54) is 0 Å². The van der Waals surface area contributed by atoms with Crippen LogP contribution in [-0.2, 0) is 11.3 Å². The maximum absolute atomic E-state index is 12.6. The highest BCUT2D eigenvalue weighted by Crippen LogP contribution is 2.58. The monoisotopic (exact) mass is 397 g/mol. The Morgan fingerprint density at radius 3 is 2.85 bits per heavy atom. The third kappa shape index (κ3) is 3.87. The van der Waals surface area contributed by atoms with Crippen molar-refractivity contribution in [1.82, 2.24) is 20.1 Å². The van der Waals surface area contributed by atoms with Gasteiger partial charge in [-0.3, -0.25) is 4.79 Å². The van der Waals surface area contributed by atoms with Crippen molar-refractivity contribution in [3.05, 3.63) is 30.6 Å². The van der Waals surface area contributed by atoms with E-state index in [1.807, 2.05) is 28.8 Å². The molecule has 1 unspecified atom stereocenters. The van der Waals surface area contributed by atoms with Crippen molar-refractivity contribution in [2.45, 2.75) is 32.7 Å². The van der Waals surface area contributed by atoms with Crippen molar-refractivity contribution < 1.29 is 4.79 Å². The van der Waals surface area contributed by atoms with Crippen molar-refractivity contribution in [1.29, 1.82) is 0 Å². The summed E-state index contributed by atoms with van der Waals surface area (Å²) in [5, 5.41) is 14.6. The first-order chi connectivity index (χ1) is 11.7. The van der Waals surface area contributed by atoms with Crippen LogP contribution in [0.4, 0.5) is 5.69 Å². The van der Waals surface area contributed by atoms with E-state index in [1.54, 1.807) is 6.33 Å². The molecule has 2 aliphatic rings. The van der Waals surface area contributed by atoms with E-state index >= 15 is 0 Å². The second-order valence-electron chi connectivity index (χ2n) is 6.88. The van der Waals surface area contributed by atoms with Gasteiger partial charge in [0.15, 0.2) is 5.82 Å². The molecule has 1 aromatic carbocycles. The predicted octanol–water partition coefficient (Wildman–Crippen LogP) is 3.14. The summed E-state index contributed by atoms with van der Waals surface area (Å²) >= 11 is 0. The summed E-state index contributed by atoms with van der Waals surface area (Å²) in [7, 11) is 0. The quantitative estimate of drug-likeness (QED) is 0.830. The number of piperidine rings is 1. The minimum atomic E-state index is 0. The van der Waals surface area contributed by atoms with Crippen LogP contribution in [-0.4, -0.2) is 33.8 Å². The number of nitrogens with zero attached hydrogens (tertiary/aromatic N) is 3. The van der Waals surface area contributed by atoms with Crippen molar-refractivity contribution >= 4 is 36.4 Å². The fourth-order valence-electron chi connectivity index (χ4n) is 3.87. The number of amides is 1. The third-order valence-corrected chi connectivity index (χ3v) is 5.45. The number of hydrogen-bond donors (Lipinski definition) is 2. The number of aryl methyl sites for hydroxylation is 1. The molecule has 2 heterocycles. The highest BCUT2D eigenvalue weighted by Gasteiger charge is 2.57. The van der Waals surface area contributed by atoms with Crippen LogP contribution in [0.1, 0.15) is 26.2 Å². The second-order valence-corrected chi connectivity index (χ2v) is 6.88. The van der Waals surface area contributed by atoms with Crippen molar-refractivity contribution in [2.24, 2.45) is 11.3 Å². The van der Waals surface area contributed by atoms with Gasteiger partial charge in [0.25, 0.3) is 0 Å². The lowest BCUT2D eigenvalue weighted by Gasteiger charge is -2.23. The summed E-state index contributed by atoms with van der Waals surface area (Å²) < 4.78 is 1.99. The molecule has 4 rings (SSSR count). The third-order valence-electron chi connectivity index (χ3n) is 5.45. The minimum Gasteiger partial charge on any atom is -0.326 e. The van der Waals surface area contributed by atoms with Gasteiger partial charge < -0.3 is 15.2 Å². The number of aromatic nitrogens is 3. The van der Waals surface area contributed by atoms with Gasteiger partial charge in [-0.2, -0.15) is 0 Å². The normalized spacial score (nSPS) is 20.0. The lowest BCUT2D eigenvalue weighted by atomic mass is 9.92. The lowest BCUT2D eigenvalue weighted by Crippen LogP contribution is -2.31. The molecule has 142 valence electrons. The molecule has 1 aliphatic carbocycles. The summed E-state index contributed by atoms with van der Waals surface area (Å²) in [4.78, 5) is 12.6. The van der Waals surface area contributed by atoms with Gasteiger partial charge >= 0.3 is 0 Å². The summed E-state index contributed by atoms with van der Waals surface area (Å²) in [6.07, 6.45) is 4.99. The molecule has 1 atom stereocenters. The lowest BCUT2D eigenvalue weighted by molar-refractivity contribution is -0.118. The van der Waals surface area contributed by atoms with Gasteiger partial charge in [-0.15, -0.1) is 35.0 Å². The first-order valence-electron chi connectivity index (χ1n) is 8.72. The van der Waals surface area contributed by atoms with Gasteiger partial charge in [-0.25, -0.2) is 0 Å². The van der Waals surface area contributed by atoms with Gasteiger partial charge in [0.2, 0.25) is 5.91 Å². The van der Waals surface area contributed by atoms with E-state index in [-0.39, 0.29) is 42.1 Å². The molecule has 1 aromatic heterocycles. The number of halogens is 2. The van der Waals surface area contributed by atoms with E-state index in [9.17, 15) is 4.79 Å². The molecule has 0 radical (unpaired) electrons. The van der Waals surface area contributed by atoms with Crippen LogP contribution in [0, 0.1) is 11.3 Å². The maximum Gasteiger partial charge on any atom is 0.228 e. The molecular weight excluding hydrogens is 373 g/mol. The first-order valence-corrected chi connectivity index (χ1v) is 8.72. The van der Waals surface area contributed by atoms with Crippen LogP contribution in [0.2, 0.25) is 0 Å². The van der Waals surface area contributed by atoms with Gasteiger partial charge in [0.05, 0.1) is 0 Å². The predicted molar refractivity (Wildman–Crippen MR) is 107 cm³/mol. The number of rotatable bonds is 4. The topological polar surface area (TPSA) is 71.8 Å². The number of hydrogen-bond acceptors (Lipinski definition) is 4. The van der Waals surface area contributed by atoms with Gasteiger partial charge in [0.1, 0.15) is 6.33 Å². The molecule has 8 heteroatoms. The van der Waals surface area contributed by atoms with Gasteiger partial charge in [0, 0.05) is 23.7 Å². The van der Waals surface area contributed by atoms with Gasteiger partial charge in [-0.05, 0) is 56.8 Å². The molecule has 2 aromatic rings. The number of carbonyl (C=O) groups is 1. The number of carbonyl (C=O) groups excluding carboxylic acids is 1. The highest BCUT2D eigenvalue weighted by atomic mass is 35.5. The van der Waals surface area contributed by atoms with Crippen molar-refractivity contribution in [3.63, 3.8) is 0 Å². The molecular formula is C18H25Cl2N5O.